The van der Waals surface area contributed by atoms with Gasteiger partial charge in [-0.25, -0.2) is 0 Å². The minimum atomic E-state index is 0.857. The van der Waals surface area contributed by atoms with Crippen LogP contribution in [0.3, 0.4) is 0 Å². The summed E-state index contributed by atoms with van der Waals surface area (Å²) in [7, 11) is 3.75. The highest BCUT2D eigenvalue weighted by atomic mass is 16.1. The Morgan fingerprint density at radius 3 is 2.17 bits per heavy atom. The zero-order chi connectivity index (χ0) is 13.2. The van der Waals surface area contributed by atoms with E-state index in [2.05, 4.69) is 34.5 Å². The summed E-state index contributed by atoms with van der Waals surface area (Å²) in [6.07, 6.45) is 0.944. The molecule has 1 aliphatic rings. The molecular weight excluding hydrogens is 226 g/mol. The molecule has 18 heavy (non-hydrogen) atoms. The van der Waals surface area contributed by atoms with E-state index >= 15 is 0 Å². The van der Waals surface area contributed by atoms with Crippen LogP contribution in [0.25, 0.3) is 0 Å². The van der Waals surface area contributed by atoms with Gasteiger partial charge >= 0.3 is 0 Å². The highest BCUT2D eigenvalue weighted by molar-refractivity contribution is 5.47. The Bertz CT molecular complexity index is 321. The molecule has 2 rings (SSSR count). The smallest absolute Gasteiger partial charge is 0.209 e. The maximum atomic E-state index is 10.5. The van der Waals surface area contributed by atoms with Crippen LogP contribution < -0.4 is 5.32 Å². The van der Waals surface area contributed by atoms with E-state index in [-0.39, 0.29) is 0 Å². The molecule has 1 fully saturated rings. The highest BCUT2D eigenvalue weighted by Crippen LogP contribution is 2.07. The Morgan fingerprint density at radius 2 is 1.67 bits per heavy atom. The first-order valence-corrected chi connectivity index (χ1v) is 6.34. The summed E-state index contributed by atoms with van der Waals surface area (Å²) in [6.45, 7) is 4.67. The molecule has 1 N–H and O–H groups in total. The number of hydrogen-bond acceptors (Lipinski definition) is 3. The minimum absolute atomic E-state index is 0.857. The topological polar surface area (TPSA) is 35.6 Å². The van der Waals surface area contributed by atoms with E-state index in [1.807, 2.05) is 25.1 Å². The molecule has 0 bridgehead atoms. The van der Waals surface area contributed by atoms with E-state index in [0.717, 1.165) is 39.1 Å². The van der Waals surface area contributed by atoms with Gasteiger partial charge in [-0.2, -0.15) is 0 Å². The third-order valence-electron chi connectivity index (χ3n) is 2.80. The number of benzene rings is 1. The highest BCUT2D eigenvalue weighted by Gasteiger charge is 2.14. The van der Waals surface area contributed by atoms with Gasteiger partial charge in [0.25, 0.3) is 0 Å². The fraction of sp³-hybridized carbons (Fsp3) is 0.500. The summed E-state index contributed by atoms with van der Waals surface area (Å²) >= 11 is 0. The molecule has 4 nitrogen and oxygen atoms in total. The number of carbonyl (C=O) groups excluding carboxylic acids is 1. The summed E-state index contributed by atoms with van der Waals surface area (Å²) in [5.74, 6) is 0. The Labute approximate surface area is 110 Å². The summed E-state index contributed by atoms with van der Waals surface area (Å²) in [4.78, 5) is 14.8. The lowest BCUT2D eigenvalue weighted by Gasteiger charge is -2.32. The molecule has 0 spiro atoms. The normalized spacial score (nSPS) is 15.8. The zero-order valence-electron chi connectivity index (χ0n) is 11.3. The number of hydrogen-bond donors (Lipinski definition) is 1. The molecule has 0 aliphatic carbocycles. The van der Waals surface area contributed by atoms with E-state index in [0.29, 0.717) is 0 Å². The third kappa shape index (κ3) is 5.29. The molecule has 4 heteroatoms. The fourth-order valence-corrected chi connectivity index (χ4v) is 1.87. The largest absolute Gasteiger partial charge is 0.343 e. The Morgan fingerprint density at radius 1 is 1.11 bits per heavy atom. The average molecular weight is 249 g/mol. The molecule has 1 amide bonds. The van der Waals surface area contributed by atoms with Gasteiger partial charge in [0.2, 0.25) is 6.41 Å². The quantitative estimate of drug-likeness (QED) is 0.805. The summed E-state index contributed by atoms with van der Waals surface area (Å²) in [6, 6.07) is 10.5. The molecule has 1 saturated heterocycles. The van der Waals surface area contributed by atoms with Crippen molar-refractivity contribution in [2.75, 3.05) is 40.3 Å². The van der Waals surface area contributed by atoms with Gasteiger partial charge in [0, 0.05) is 32.7 Å². The number of nitrogens with zero attached hydrogens (tertiary/aromatic N) is 2. The summed E-state index contributed by atoms with van der Waals surface area (Å²) < 4.78 is 0. The second-order valence-electron chi connectivity index (χ2n) is 4.40. The van der Waals surface area contributed by atoms with Crippen LogP contribution >= 0.6 is 0 Å². The van der Waals surface area contributed by atoms with Crippen LogP contribution in [0.4, 0.5) is 0 Å². The van der Waals surface area contributed by atoms with Crippen LogP contribution in [0.1, 0.15) is 5.56 Å². The lowest BCUT2D eigenvalue weighted by atomic mass is 10.2. The Hall–Kier alpha value is -1.39. The molecule has 0 atom stereocenters. The SMILES string of the molecule is CNC.O=CN1CCN(Cc2ccccc2)CC1. The number of piperazine rings is 1. The Balaban J connectivity index is 0.000000492. The Kier molecular flexibility index (Phi) is 7.06. The average Bonchev–Trinajstić information content (AvgIpc) is 2.42. The van der Waals surface area contributed by atoms with E-state index in [4.69, 9.17) is 0 Å². The number of amides is 1. The van der Waals surface area contributed by atoms with E-state index in [1.165, 1.54) is 5.56 Å². The number of carbonyl (C=O) groups is 1. The lowest BCUT2D eigenvalue weighted by Crippen LogP contribution is -2.45. The van der Waals surface area contributed by atoms with Crippen molar-refractivity contribution in [3.8, 4) is 0 Å². The first-order chi connectivity index (χ1) is 8.80. The van der Waals surface area contributed by atoms with Crippen LogP contribution in [0.15, 0.2) is 30.3 Å². The summed E-state index contributed by atoms with van der Waals surface area (Å²) in [5.41, 5.74) is 1.34. The van der Waals surface area contributed by atoms with Gasteiger partial charge in [0.15, 0.2) is 0 Å². The molecule has 1 aromatic rings. The summed E-state index contributed by atoms with van der Waals surface area (Å²) in [5, 5.41) is 2.75. The molecule has 1 aliphatic heterocycles. The van der Waals surface area contributed by atoms with Crippen LogP contribution in [0.2, 0.25) is 0 Å². The molecule has 1 heterocycles. The first-order valence-electron chi connectivity index (χ1n) is 6.34. The van der Waals surface area contributed by atoms with Gasteiger partial charge in [-0.3, -0.25) is 9.69 Å². The lowest BCUT2D eigenvalue weighted by molar-refractivity contribution is -0.119. The van der Waals surface area contributed by atoms with E-state index < -0.39 is 0 Å². The molecule has 0 aromatic heterocycles. The van der Waals surface area contributed by atoms with Gasteiger partial charge in [0.05, 0.1) is 0 Å². The molecule has 0 unspecified atom stereocenters. The first kappa shape index (κ1) is 14.7. The standard InChI is InChI=1S/C12H16N2O.C2H7N/c15-11-14-8-6-13(7-9-14)10-12-4-2-1-3-5-12;1-3-2/h1-5,11H,6-10H2;3H,1-2H3. The monoisotopic (exact) mass is 249 g/mol. The fourth-order valence-electron chi connectivity index (χ4n) is 1.87. The van der Waals surface area contributed by atoms with Gasteiger partial charge in [-0.05, 0) is 19.7 Å². The molecule has 0 saturated carbocycles. The van der Waals surface area contributed by atoms with Crippen LogP contribution in [0.5, 0.6) is 0 Å². The maximum Gasteiger partial charge on any atom is 0.209 e. The van der Waals surface area contributed by atoms with Crippen molar-refractivity contribution in [3.63, 3.8) is 0 Å². The van der Waals surface area contributed by atoms with Crippen LogP contribution in [-0.4, -0.2) is 56.5 Å². The van der Waals surface area contributed by atoms with Crippen molar-refractivity contribution in [1.29, 1.82) is 0 Å². The van der Waals surface area contributed by atoms with E-state index in [9.17, 15) is 4.79 Å². The van der Waals surface area contributed by atoms with Crippen molar-refractivity contribution in [2.45, 2.75) is 6.54 Å². The maximum absolute atomic E-state index is 10.5. The molecule has 1 aromatic carbocycles. The molecule has 100 valence electrons. The predicted molar refractivity (Wildman–Crippen MR) is 74.3 cm³/mol. The third-order valence-corrected chi connectivity index (χ3v) is 2.80. The number of rotatable bonds is 3. The van der Waals surface area contributed by atoms with Crippen molar-refractivity contribution >= 4 is 6.41 Å². The van der Waals surface area contributed by atoms with Crippen LogP contribution in [0, 0.1) is 0 Å². The molecular formula is C14H23N3O. The second-order valence-corrected chi connectivity index (χ2v) is 4.40. The van der Waals surface area contributed by atoms with Crippen molar-refractivity contribution in [1.82, 2.24) is 15.1 Å². The van der Waals surface area contributed by atoms with Gasteiger partial charge in [-0.1, -0.05) is 30.3 Å². The van der Waals surface area contributed by atoms with Gasteiger partial charge in [-0.15, -0.1) is 0 Å². The predicted octanol–water partition coefficient (Wildman–Crippen LogP) is 0.796. The van der Waals surface area contributed by atoms with Crippen molar-refractivity contribution < 1.29 is 4.79 Å². The zero-order valence-corrected chi connectivity index (χ0v) is 11.3. The molecule has 0 radical (unpaired) electrons. The number of nitrogens with one attached hydrogen (secondary N) is 1. The van der Waals surface area contributed by atoms with Gasteiger partial charge < -0.3 is 10.2 Å². The van der Waals surface area contributed by atoms with Crippen molar-refractivity contribution in [3.05, 3.63) is 35.9 Å². The van der Waals surface area contributed by atoms with Gasteiger partial charge in [0.1, 0.15) is 0 Å². The minimum Gasteiger partial charge on any atom is -0.343 e. The van der Waals surface area contributed by atoms with E-state index in [1.54, 1.807) is 0 Å². The van der Waals surface area contributed by atoms with Crippen LogP contribution in [-0.2, 0) is 11.3 Å². The second kappa shape index (κ2) is 8.66. The van der Waals surface area contributed by atoms with Crippen molar-refractivity contribution in [2.24, 2.45) is 0 Å².